The first-order chi connectivity index (χ1) is 12.1. The Morgan fingerprint density at radius 2 is 2.00 bits per heavy atom. The Balaban J connectivity index is 1.47. The van der Waals surface area contributed by atoms with Crippen molar-refractivity contribution in [3.05, 3.63) is 29.5 Å². The van der Waals surface area contributed by atoms with Crippen molar-refractivity contribution >= 4 is 5.95 Å². The van der Waals surface area contributed by atoms with Crippen molar-refractivity contribution in [1.82, 2.24) is 20.1 Å². The SMILES string of the molecule is Cc1cc(C)c(-c2cnc(NC3CCCN(C4CC4)C3)nn2)c(O)c1. The third-order valence-electron chi connectivity index (χ3n) is 5.13. The molecule has 1 saturated carbocycles. The molecule has 2 fully saturated rings. The molecule has 4 rings (SSSR count). The number of anilines is 1. The summed E-state index contributed by atoms with van der Waals surface area (Å²) in [4.78, 5) is 7.01. The summed E-state index contributed by atoms with van der Waals surface area (Å²) in [6.45, 7) is 6.20. The first-order valence-corrected chi connectivity index (χ1v) is 9.11. The summed E-state index contributed by atoms with van der Waals surface area (Å²) in [6.07, 6.45) is 6.74. The third kappa shape index (κ3) is 3.58. The molecule has 0 spiro atoms. The van der Waals surface area contributed by atoms with Crippen LogP contribution in [0.25, 0.3) is 11.3 Å². The number of phenols is 1. The molecule has 1 aliphatic carbocycles. The highest BCUT2D eigenvalue weighted by atomic mass is 16.3. The summed E-state index contributed by atoms with van der Waals surface area (Å²) in [5, 5.41) is 22.2. The van der Waals surface area contributed by atoms with Gasteiger partial charge >= 0.3 is 0 Å². The van der Waals surface area contributed by atoms with Crippen LogP contribution >= 0.6 is 0 Å². The molecule has 1 aliphatic heterocycles. The smallest absolute Gasteiger partial charge is 0.242 e. The van der Waals surface area contributed by atoms with Crippen molar-refractivity contribution in [2.24, 2.45) is 0 Å². The van der Waals surface area contributed by atoms with E-state index in [1.807, 2.05) is 19.9 Å². The lowest BCUT2D eigenvalue weighted by Crippen LogP contribution is -2.43. The molecule has 132 valence electrons. The van der Waals surface area contributed by atoms with Crippen LogP contribution in [0.2, 0.25) is 0 Å². The predicted molar refractivity (Wildman–Crippen MR) is 97.6 cm³/mol. The van der Waals surface area contributed by atoms with E-state index in [4.69, 9.17) is 0 Å². The molecule has 1 unspecified atom stereocenters. The number of aromatic nitrogens is 3. The van der Waals surface area contributed by atoms with Gasteiger partial charge in [-0.2, -0.15) is 0 Å². The van der Waals surface area contributed by atoms with Crippen molar-refractivity contribution in [2.75, 3.05) is 18.4 Å². The maximum absolute atomic E-state index is 10.2. The molecule has 25 heavy (non-hydrogen) atoms. The van der Waals surface area contributed by atoms with Crippen LogP contribution in [0, 0.1) is 13.8 Å². The van der Waals surface area contributed by atoms with Crippen LogP contribution in [-0.4, -0.2) is 50.4 Å². The van der Waals surface area contributed by atoms with E-state index in [9.17, 15) is 5.11 Å². The highest BCUT2D eigenvalue weighted by Crippen LogP contribution is 2.32. The summed E-state index contributed by atoms with van der Waals surface area (Å²) in [5.41, 5.74) is 3.30. The molecule has 2 aromatic rings. The van der Waals surface area contributed by atoms with Crippen LogP contribution in [-0.2, 0) is 0 Å². The number of phenolic OH excluding ortho intramolecular Hbond substituents is 1. The minimum Gasteiger partial charge on any atom is -0.507 e. The highest BCUT2D eigenvalue weighted by molar-refractivity contribution is 5.70. The number of piperidine rings is 1. The number of hydrogen-bond acceptors (Lipinski definition) is 6. The third-order valence-corrected chi connectivity index (χ3v) is 5.13. The number of benzene rings is 1. The molecule has 1 saturated heterocycles. The minimum absolute atomic E-state index is 0.224. The molecule has 2 aliphatic rings. The molecule has 1 aromatic heterocycles. The van der Waals surface area contributed by atoms with E-state index in [1.165, 1.54) is 25.8 Å². The Hall–Kier alpha value is -2.21. The van der Waals surface area contributed by atoms with Crippen LogP contribution in [0.5, 0.6) is 5.75 Å². The lowest BCUT2D eigenvalue weighted by atomic mass is 10.0. The van der Waals surface area contributed by atoms with Gasteiger partial charge in [0.15, 0.2) is 0 Å². The first-order valence-electron chi connectivity index (χ1n) is 9.11. The zero-order valence-corrected chi connectivity index (χ0v) is 14.9. The molecule has 6 nitrogen and oxygen atoms in total. The van der Waals surface area contributed by atoms with Gasteiger partial charge in [-0.25, -0.2) is 4.98 Å². The molecular formula is C19H25N5O. The van der Waals surface area contributed by atoms with Gasteiger partial charge in [0.1, 0.15) is 11.4 Å². The molecule has 2 N–H and O–H groups in total. The van der Waals surface area contributed by atoms with Gasteiger partial charge in [0.05, 0.1) is 6.20 Å². The molecule has 1 atom stereocenters. The van der Waals surface area contributed by atoms with Gasteiger partial charge in [0.25, 0.3) is 0 Å². The molecule has 0 amide bonds. The number of likely N-dealkylation sites (tertiary alicyclic amines) is 1. The average Bonchev–Trinajstić information content (AvgIpc) is 3.41. The van der Waals surface area contributed by atoms with Gasteiger partial charge in [-0.05, 0) is 63.3 Å². The van der Waals surface area contributed by atoms with Crippen molar-refractivity contribution in [3.8, 4) is 17.0 Å². The average molecular weight is 339 g/mol. The first kappa shape index (κ1) is 16.3. The highest BCUT2D eigenvalue weighted by Gasteiger charge is 2.32. The van der Waals surface area contributed by atoms with Crippen molar-refractivity contribution < 1.29 is 5.11 Å². The molecular weight excluding hydrogens is 314 g/mol. The Bertz CT molecular complexity index is 734. The summed E-state index contributed by atoms with van der Waals surface area (Å²) >= 11 is 0. The van der Waals surface area contributed by atoms with Crippen LogP contribution in [0.4, 0.5) is 5.95 Å². The standard InChI is InChI=1S/C19H25N5O/c1-12-8-13(2)18(17(25)9-12)16-10-20-19(23-22-16)21-14-4-3-7-24(11-14)15-5-6-15/h8-10,14-15,25H,3-7,11H2,1-2H3,(H,20,21,23). The number of hydrogen-bond donors (Lipinski definition) is 2. The Labute approximate surface area is 148 Å². The van der Waals surface area contributed by atoms with Crippen molar-refractivity contribution in [3.63, 3.8) is 0 Å². The molecule has 0 radical (unpaired) electrons. The van der Waals surface area contributed by atoms with Crippen LogP contribution < -0.4 is 5.32 Å². The monoisotopic (exact) mass is 339 g/mol. The van der Waals surface area contributed by atoms with E-state index < -0.39 is 0 Å². The largest absolute Gasteiger partial charge is 0.507 e. The van der Waals surface area contributed by atoms with Gasteiger partial charge in [0.2, 0.25) is 5.95 Å². The normalized spacial score (nSPS) is 21.3. The van der Waals surface area contributed by atoms with Crippen molar-refractivity contribution in [2.45, 2.75) is 51.6 Å². The van der Waals surface area contributed by atoms with Crippen LogP contribution in [0.1, 0.15) is 36.8 Å². The van der Waals surface area contributed by atoms with Gasteiger partial charge < -0.3 is 10.4 Å². The van der Waals surface area contributed by atoms with E-state index in [-0.39, 0.29) is 5.75 Å². The molecule has 6 heteroatoms. The number of aromatic hydroxyl groups is 1. The maximum atomic E-state index is 10.2. The van der Waals surface area contributed by atoms with Crippen molar-refractivity contribution in [1.29, 1.82) is 0 Å². The maximum Gasteiger partial charge on any atom is 0.242 e. The summed E-state index contributed by atoms with van der Waals surface area (Å²) in [7, 11) is 0. The van der Waals surface area contributed by atoms with E-state index in [2.05, 4.69) is 25.4 Å². The number of aryl methyl sites for hydroxylation is 2. The second-order valence-electron chi connectivity index (χ2n) is 7.35. The fourth-order valence-electron chi connectivity index (χ4n) is 3.81. The summed E-state index contributed by atoms with van der Waals surface area (Å²) < 4.78 is 0. The number of nitrogens with zero attached hydrogens (tertiary/aromatic N) is 4. The van der Waals surface area contributed by atoms with E-state index in [0.717, 1.165) is 30.1 Å². The van der Waals surface area contributed by atoms with Crippen LogP contribution in [0.15, 0.2) is 18.3 Å². The van der Waals surface area contributed by atoms with Gasteiger partial charge in [0, 0.05) is 24.2 Å². The number of rotatable bonds is 4. The lowest BCUT2D eigenvalue weighted by Gasteiger charge is -2.33. The van der Waals surface area contributed by atoms with Gasteiger partial charge in [-0.15, -0.1) is 10.2 Å². The second-order valence-corrected chi connectivity index (χ2v) is 7.35. The second kappa shape index (κ2) is 6.59. The van der Waals surface area contributed by atoms with Crippen LogP contribution in [0.3, 0.4) is 0 Å². The summed E-state index contributed by atoms with van der Waals surface area (Å²) in [5.74, 6) is 0.789. The van der Waals surface area contributed by atoms with E-state index in [1.54, 1.807) is 12.3 Å². The minimum atomic E-state index is 0.224. The topological polar surface area (TPSA) is 74.2 Å². The molecule has 0 bridgehead atoms. The summed E-state index contributed by atoms with van der Waals surface area (Å²) in [6, 6.07) is 4.96. The Kier molecular flexibility index (Phi) is 4.29. The Morgan fingerprint density at radius 1 is 1.16 bits per heavy atom. The quantitative estimate of drug-likeness (QED) is 0.892. The zero-order chi connectivity index (χ0) is 17.4. The fourth-order valence-corrected chi connectivity index (χ4v) is 3.81. The van der Waals surface area contributed by atoms with Gasteiger partial charge in [-0.1, -0.05) is 6.07 Å². The number of nitrogens with one attached hydrogen (secondary N) is 1. The molecule has 2 heterocycles. The lowest BCUT2D eigenvalue weighted by molar-refractivity contribution is 0.207. The van der Waals surface area contributed by atoms with Gasteiger partial charge in [-0.3, -0.25) is 4.90 Å². The van der Waals surface area contributed by atoms with E-state index >= 15 is 0 Å². The Morgan fingerprint density at radius 3 is 2.68 bits per heavy atom. The fraction of sp³-hybridized carbons (Fsp3) is 0.526. The van der Waals surface area contributed by atoms with E-state index in [0.29, 0.717) is 23.2 Å². The predicted octanol–water partition coefficient (Wildman–Crippen LogP) is 2.90. The molecule has 1 aromatic carbocycles. The zero-order valence-electron chi connectivity index (χ0n) is 14.9.